The van der Waals surface area contributed by atoms with Gasteiger partial charge < -0.3 is 10.1 Å². The van der Waals surface area contributed by atoms with Crippen LogP contribution in [0.3, 0.4) is 0 Å². The van der Waals surface area contributed by atoms with Crippen molar-refractivity contribution in [1.29, 1.82) is 0 Å². The normalized spacial score (nSPS) is 11.8. The average molecular weight is 295 g/mol. The zero-order valence-corrected chi connectivity index (χ0v) is 11.1. The third-order valence-corrected chi connectivity index (χ3v) is 2.85. The third-order valence-electron chi connectivity index (χ3n) is 2.85. The standard InChI is InChI=1S/C15H12F3NO2/c1-21-15(20)14(12-6-5-10(17)8-13(12)18)19-11-4-2-3-9(16)7-11/h2-8,14,19H,1H3. The van der Waals surface area contributed by atoms with Gasteiger partial charge in [0.05, 0.1) is 7.11 Å². The van der Waals surface area contributed by atoms with E-state index in [-0.39, 0.29) is 11.3 Å². The summed E-state index contributed by atoms with van der Waals surface area (Å²) in [6, 6.07) is 6.96. The molecule has 0 fully saturated rings. The fourth-order valence-electron chi connectivity index (χ4n) is 1.86. The highest BCUT2D eigenvalue weighted by Gasteiger charge is 2.24. The van der Waals surface area contributed by atoms with E-state index in [0.717, 1.165) is 25.3 Å². The molecule has 2 aromatic rings. The molecule has 6 heteroatoms. The Kier molecular flexibility index (Phi) is 4.47. The molecule has 0 heterocycles. The molecule has 3 nitrogen and oxygen atoms in total. The molecule has 2 aromatic carbocycles. The summed E-state index contributed by atoms with van der Waals surface area (Å²) in [4.78, 5) is 11.8. The second-order valence-corrected chi connectivity index (χ2v) is 4.28. The Morgan fingerprint density at radius 2 is 1.81 bits per heavy atom. The smallest absolute Gasteiger partial charge is 0.333 e. The third kappa shape index (κ3) is 3.53. The van der Waals surface area contributed by atoms with Crippen LogP contribution in [0.2, 0.25) is 0 Å². The molecule has 0 aliphatic rings. The molecule has 2 rings (SSSR count). The zero-order valence-electron chi connectivity index (χ0n) is 11.1. The van der Waals surface area contributed by atoms with Gasteiger partial charge >= 0.3 is 5.97 Å². The van der Waals surface area contributed by atoms with Gasteiger partial charge in [-0.1, -0.05) is 12.1 Å². The molecule has 0 aliphatic carbocycles. The molecule has 0 radical (unpaired) electrons. The van der Waals surface area contributed by atoms with Crippen molar-refractivity contribution in [2.45, 2.75) is 6.04 Å². The number of nitrogens with one attached hydrogen (secondary N) is 1. The van der Waals surface area contributed by atoms with Gasteiger partial charge in [-0.05, 0) is 24.3 Å². The molecule has 0 bridgehead atoms. The molecule has 0 amide bonds. The topological polar surface area (TPSA) is 38.3 Å². The molecule has 1 atom stereocenters. The van der Waals surface area contributed by atoms with Crippen LogP contribution in [-0.4, -0.2) is 13.1 Å². The van der Waals surface area contributed by atoms with E-state index in [1.165, 1.54) is 18.2 Å². The minimum absolute atomic E-state index is 0.0903. The van der Waals surface area contributed by atoms with Crippen LogP contribution in [0.1, 0.15) is 11.6 Å². The van der Waals surface area contributed by atoms with Crippen molar-refractivity contribution in [1.82, 2.24) is 0 Å². The quantitative estimate of drug-likeness (QED) is 0.878. The van der Waals surface area contributed by atoms with Crippen LogP contribution < -0.4 is 5.32 Å². The van der Waals surface area contributed by atoms with Gasteiger partial charge in [-0.3, -0.25) is 0 Å². The summed E-state index contributed by atoms with van der Waals surface area (Å²) in [5.41, 5.74) is 0.182. The molecule has 110 valence electrons. The lowest BCUT2D eigenvalue weighted by molar-refractivity contribution is -0.141. The lowest BCUT2D eigenvalue weighted by Gasteiger charge is -2.18. The Hall–Kier alpha value is -2.50. The van der Waals surface area contributed by atoms with Crippen molar-refractivity contribution in [3.8, 4) is 0 Å². The fourth-order valence-corrected chi connectivity index (χ4v) is 1.86. The number of halogens is 3. The second kappa shape index (κ2) is 6.30. The van der Waals surface area contributed by atoms with Crippen LogP contribution in [0, 0.1) is 17.5 Å². The van der Waals surface area contributed by atoms with Crippen molar-refractivity contribution < 1.29 is 22.7 Å². The van der Waals surface area contributed by atoms with Crippen LogP contribution >= 0.6 is 0 Å². The van der Waals surface area contributed by atoms with E-state index < -0.39 is 29.5 Å². The van der Waals surface area contributed by atoms with Crippen LogP contribution in [0.25, 0.3) is 0 Å². The van der Waals surface area contributed by atoms with Gasteiger partial charge in [-0.15, -0.1) is 0 Å². The van der Waals surface area contributed by atoms with E-state index in [0.29, 0.717) is 6.07 Å². The summed E-state index contributed by atoms with van der Waals surface area (Å²) >= 11 is 0. The lowest BCUT2D eigenvalue weighted by Crippen LogP contribution is -2.23. The van der Waals surface area contributed by atoms with Crippen molar-refractivity contribution in [3.63, 3.8) is 0 Å². The van der Waals surface area contributed by atoms with Crippen molar-refractivity contribution in [2.24, 2.45) is 0 Å². The molecule has 21 heavy (non-hydrogen) atoms. The molecule has 0 spiro atoms. The van der Waals surface area contributed by atoms with Crippen LogP contribution in [0.5, 0.6) is 0 Å². The maximum atomic E-state index is 13.8. The number of carbonyl (C=O) groups is 1. The number of hydrogen-bond donors (Lipinski definition) is 1. The van der Waals surface area contributed by atoms with Crippen LogP contribution in [0.4, 0.5) is 18.9 Å². The summed E-state index contributed by atoms with van der Waals surface area (Å²) in [7, 11) is 1.14. The highest BCUT2D eigenvalue weighted by Crippen LogP contribution is 2.24. The highest BCUT2D eigenvalue weighted by atomic mass is 19.1. The summed E-state index contributed by atoms with van der Waals surface area (Å²) in [5.74, 6) is -2.94. The average Bonchev–Trinajstić information content (AvgIpc) is 2.45. The van der Waals surface area contributed by atoms with Gasteiger partial charge in [0.25, 0.3) is 0 Å². The first kappa shape index (κ1) is 14.9. The Morgan fingerprint density at radius 3 is 2.43 bits per heavy atom. The predicted molar refractivity (Wildman–Crippen MR) is 71.1 cm³/mol. The Morgan fingerprint density at radius 1 is 1.10 bits per heavy atom. The number of esters is 1. The molecule has 0 aliphatic heterocycles. The number of hydrogen-bond acceptors (Lipinski definition) is 3. The number of ether oxygens (including phenoxy) is 1. The van der Waals surface area contributed by atoms with Gasteiger partial charge in [-0.2, -0.15) is 0 Å². The number of rotatable bonds is 4. The van der Waals surface area contributed by atoms with E-state index in [2.05, 4.69) is 10.1 Å². The summed E-state index contributed by atoms with van der Waals surface area (Å²) in [5, 5.41) is 2.67. The van der Waals surface area contributed by atoms with E-state index in [1.54, 1.807) is 0 Å². The molecular formula is C15H12F3NO2. The van der Waals surface area contributed by atoms with E-state index >= 15 is 0 Å². The predicted octanol–water partition coefficient (Wildman–Crippen LogP) is 3.43. The lowest BCUT2D eigenvalue weighted by atomic mass is 10.1. The van der Waals surface area contributed by atoms with Gasteiger partial charge in [0.2, 0.25) is 0 Å². The zero-order chi connectivity index (χ0) is 15.4. The first-order chi connectivity index (χ1) is 10.0. The van der Waals surface area contributed by atoms with Crippen molar-refractivity contribution in [2.75, 3.05) is 12.4 Å². The Labute approximate surface area is 119 Å². The van der Waals surface area contributed by atoms with Gasteiger partial charge in [0.1, 0.15) is 17.5 Å². The van der Waals surface area contributed by atoms with E-state index in [4.69, 9.17) is 0 Å². The summed E-state index contributed by atoms with van der Waals surface area (Å²) < 4.78 is 44.5. The molecule has 0 saturated heterocycles. The summed E-state index contributed by atoms with van der Waals surface area (Å²) in [6.45, 7) is 0. The van der Waals surface area contributed by atoms with Crippen molar-refractivity contribution in [3.05, 3.63) is 65.5 Å². The molecule has 1 N–H and O–H groups in total. The van der Waals surface area contributed by atoms with Crippen LogP contribution in [0.15, 0.2) is 42.5 Å². The van der Waals surface area contributed by atoms with Gasteiger partial charge in [-0.25, -0.2) is 18.0 Å². The van der Waals surface area contributed by atoms with E-state index in [9.17, 15) is 18.0 Å². The molecule has 0 saturated carbocycles. The molecule has 0 aromatic heterocycles. The Bertz CT molecular complexity index is 661. The minimum atomic E-state index is -1.21. The van der Waals surface area contributed by atoms with Gasteiger partial charge in [0, 0.05) is 17.3 Å². The summed E-state index contributed by atoms with van der Waals surface area (Å²) in [6.07, 6.45) is 0. The fraction of sp³-hybridized carbons (Fsp3) is 0.133. The number of benzene rings is 2. The maximum absolute atomic E-state index is 13.8. The Balaban J connectivity index is 2.37. The van der Waals surface area contributed by atoms with Gasteiger partial charge in [0.15, 0.2) is 6.04 Å². The maximum Gasteiger partial charge on any atom is 0.333 e. The monoisotopic (exact) mass is 295 g/mol. The first-order valence-electron chi connectivity index (χ1n) is 6.06. The SMILES string of the molecule is COC(=O)C(Nc1cccc(F)c1)c1ccc(F)cc1F. The molecule has 1 unspecified atom stereocenters. The first-order valence-corrected chi connectivity index (χ1v) is 6.06. The van der Waals surface area contributed by atoms with Crippen LogP contribution in [-0.2, 0) is 9.53 Å². The number of anilines is 1. The number of carbonyl (C=O) groups excluding carboxylic acids is 1. The van der Waals surface area contributed by atoms with Crippen molar-refractivity contribution >= 4 is 11.7 Å². The minimum Gasteiger partial charge on any atom is -0.467 e. The largest absolute Gasteiger partial charge is 0.467 e. The number of methoxy groups -OCH3 is 1. The second-order valence-electron chi connectivity index (χ2n) is 4.28. The molecular weight excluding hydrogens is 283 g/mol. The van der Waals surface area contributed by atoms with E-state index in [1.807, 2.05) is 0 Å². The highest BCUT2D eigenvalue weighted by molar-refractivity contribution is 5.81.